The molecule has 1 unspecified atom stereocenters. The number of piperidine rings is 1. The molecule has 4 nitrogen and oxygen atoms in total. The summed E-state index contributed by atoms with van der Waals surface area (Å²) < 4.78 is 5.25. The number of amides is 1. The third kappa shape index (κ3) is 3.43. The predicted molar refractivity (Wildman–Crippen MR) is 57.2 cm³/mol. The summed E-state index contributed by atoms with van der Waals surface area (Å²) >= 11 is 0. The molecule has 4 heteroatoms. The number of rotatable bonds is 0. The van der Waals surface area contributed by atoms with Crippen molar-refractivity contribution in [3.05, 3.63) is 11.4 Å². The van der Waals surface area contributed by atoms with Gasteiger partial charge in [0.2, 0.25) is 0 Å². The molecule has 1 aliphatic rings. The second kappa shape index (κ2) is 4.52. The first kappa shape index (κ1) is 11.8. The predicted octanol–water partition coefficient (Wildman–Crippen LogP) is 2.65. The molecule has 1 atom stereocenters. The van der Waals surface area contributed by atoms with Gasteiger partial charge in [0.1, 0.15) is 5.60 Å². The van der Waals surface area contributed by atoms with Crippen molar-refractivity contribution in [3.8, 4) is 0 Å². The Bertz CT molecular complexity index is 275. The zero-order valence-corrected chi connectivity index (χ0v) is 9.62. The molecule has 0 aliphatic carbocycles. The van der Waals surface area contributed by atoms with Gasteiger partial charge in [0.15, 0.2) is 0 Å². The Morgan fingerprint density at radius 1 is 1.47 bits per heavy atom. The number of nitrogens with zero attached hydrogens (tertiary/aromatic N) is 2. The number of ether oxygens (including phenoxy) is 1. The van der Waals surface area contributed by atoms with Crippen LogP contribution in [0, 0.1) is 6.57 Å². The van der Waals surface area contributed by atoms with Crippen LogP contribution < -0.4 is 0 Å². The van der Waals surface area contributed by atoms with Crippen LogP contribution in [0.5, 0.6) is 0 Å². The van der Waals surface area contributed by atoms with E-state index in [1.807, 2.05) is 20.8 Å². The van der Waals surface area contributed by atoms with Crippen molar-refractivity contribution in [2.45, 2.75) is 51.8 Å². The van der Waals surface area contributed by atoms with Crippen molar-refractivity contribution in [1.82, 2.24) is 4.90 Å². The van der Waals surface area contributed by atoms with E-state index in [0.29, 0.717) is 6.54 Å². The molecule has 0 aromatic carbocycles. The van der Waals surface area contributed by atoms with Crippen LogP contribution in [0.3, 0.4) is 0 Å². The first-order valence-corrected chi connectivity index (χ1v) is 5.30. The summed E-state index contributed by atoms with van der Waals surface area (Å²) in [4.78, 5) is 16.7. The lowest BCUT2D eigenvalue weighted by molar-refractivity contribution is 0.0147. The van der Waals surface area contributed by atoms with Gasteiger partial charge in [0.05, 0.1) is 0 Å². The van der Waals surface area contributed by atoms with Gasteiger partial charge in [-0.05, 0) is 33.6 Å². The fourth-order valence-corrected chi connectivity index (χ4v) is 1.58. The molecule has 0 bridgehead atoms. The second-order valence-electron chi connectivity index (χ2n) is 4.78. The molecule has 1 fully saturated rings. The van der Waals surface area contributed by atoms with Crippen LogP contribution in [0.15, 0.2) is 0 Å². The summed E-state index contributed by atoms with van der Waals surface area (Å²) in [7, 11) is 0. The highest BCUT2D eigenvalue weighted by Crippen LogP contribution is 2.20. The largest absolute Gasteiger partial charge is 0.444 e. The number of likely N-dealkylation sites (tertiary alicyclic amines) is 1. The smallest absolute Gasteiger partial charge is 0.416 e. The highest BCUT2D eigenvalue weighted by atomic mass is 16.6. The lowest BCUT2D eigenvalue weighted by Gasteiger charge is -2.30. The molecule has 0 N–H and O–H groups in total. The van der Waals surface area contributed by atoms with E-state index in [9.17, 15) is 4.79 Å². The zero-order chi connectivity index (χ0) is 11.5. The van der Waals surface area contributed by atoms with Gasteiger partial charge in [0.25, 0.3) is 0 Å². The van der Waals surface area contributed by atoms with E-state index in [2.05, 4.69) is 4.85 Å². The van der Waals surface area contributed by atoms with Crippen LogP contribution in [0.2, 0.25) is 0 Å². The van der Waals surface area contributed by atoms with Crippen LogP contribution in [0.25, 0.3) is 4.85 Å². The third-order valence-electron chi connectivity index (χ3n) is 2.25. The van der Waals surface area contributed by atoms with Crippen molar-refractivity contribution >= 4 is 6.09 Å². The summed E-state index contributed by atoms with van der Waals surface area (Å²) in [6.45, 7) is 13.2. The molecule has 15 heavy (non-hydrogen) atoms. The topological polar surface area (TPSA) is 33.9 Å². The van der Waals surface area contributed by atoms with Crippen molar-refractivity contribution in [1.29, 1.82) is 0 Å². The zero-order valence-electron chi connectivity index (χ0n) is 9.62. The lowest BCUT2D eigenvalue weighted by atomic mass is 10.1. The summed E-state index contributed by atoms with van der Waals surface area (Å²) in [5.41, 5.74) is -0.485. The van der Waals surface area contributed by atoms with Gasteiger partial charge in [-0.3, -0.25) is 4.85 Å². The Morgan fingerprint density at radius 2 is 2.13 bits per heavy atom. The van der Waals surface area contributed by atoms with E-state index >= 15 is 0 Å². The number of carbonyl (C=O) groups excluding carboxylic acids is 1. The van der Waals surface area contributed by atoms with Crippen molar-refractivity contribution < 1.29 is 9.53 Å². The van der Waals surface area contributed by atoms with Crippen molar-refractivity contribution in [3.63, 3.8) is 0 Å². The molecule has 0 aromatic rings. The van der Waals surface area contributed by atoms with E-state index < -0.39 is 5.60 Å². The molecular formula is C11H18N2O2. The van der Waals surface area contributed by atoms with Gasteiger partial charge in [-0.2, -0.15) is 0 Å². The Hall–Kier alpha value is -1.24. The molecule has 0 aromatic heterocycles. The quantitative estimate of drug-likeness (QED) is 0.576. The van der Waals surface area contributed by atoms with Crippen molar-refractivity contribution in [2.24, 2.45) is 0 Å². The molecule has 0 saturated carbocycles. The van der Waals surface area contributed by atoms with E-state index in [0.717, 1.165) is 19.3 Å². The van der Waals surface area contributed by atoms with E-state index in [1.165, 1.54) is 0 Å². The normalized spacial score (nSPS) is 22.0. The SMILES string of the molecule is [C-]#[N+]C1CCCCN1C(=O)OC(C)(C)C. The van der Waals surface area contributed by atoms with Gasteiger partial charge < -0.3 is 4.74 Å². The third-order valence-corrected chi connectivity index (χ3v) is 2.25. The maximum atomic E-state index is 11.7. The van der Waals surface area contributed by atoms with Gasteiger partial charge in [0, 0.05) is 13.0 Å². The van der Waals surface area contributed by atoms with Crippen LogP contribution >= 0.6 is 0 Å². The fraction of sp³-hybridized carbons (Fsp3) is 0.818. The minimum Gasteiger partial charge on any atom is -0.444 e. The Labute approximate surface area is 91.0 Å². The van der Waals surface area contributed by atoms with E-state index in [1.54, 1.807) is 4.90 Å². The van der Waals surface area contributed by atoms with Gasteiger partial charge in [-0.1, -0.05) is 0 Å². The number of hydrogen-bond donors (Lipinski definition) is 0. The summed E-state index contributed by atoms with van der Waals surface area (Å²) in [6, 6.07) is 0. The monoisotopic (exact) mass is 210 g/mol. The molecule has 0 spiro atoms. The standard InChI is InChI=1S/C11H18N2O2/c1-11(2,3)15-10(14)13-8-6-5-7-9(13)12-4/h9H,5-8H2,1-3H3. The molecule has 84 valence electrons. The summed E-state index contributed by atoms with van der Waals surface area (Å²) in [5.74, 6) is 0. The highest BCUT2D eigenvalue weighted by molar-refractivity contribution is 5.68. The Morgan fingerprint density at radius 3 is 2.67 bits per heavy atom. The van der Waals surface area contributed by atoms with Crippen LogP contribution in [0.1, 0.15) is 40.0 Å². The number of hydrogen-bond acceptors (Lipinski definition) is 2. The molecule has 1 amide bonds. The van der Waals surface area contributed by atoms with Gasteiger partial charge in [-0.25, -0.2) is 16.3 Å². The van der Waals surface area contributed by atoms with Gasteiger partial charge >= 0.3 is 12.3 Å². The summed E-state index contributed by atoms with van der Waals surface area (Å²) in [5, 5.41) is 0. The maximum Gasteiger partial charge on any atom is 0.416 e. The Kier molecular flexibility index (Phi) is 3.57. The van der Waals surface area contributed by atoms with Gasteiger partial charge in [-0.15, -0.1) is 0 Å². The maximum absolute atomic E-state index is 11.7. The molecule has 0 radical (unpaired) electrons. The molecular weight excluding hydrogens is 192 g/mol. The van der Waals surface area contributed by atoms with E-state index in [-0.39, 0.29) is 12.3 Å². The molecule has 1 aliphatic heterocycles. The minimum absolute atomic E-state index is 0.325. The highest BCUT2D eigenvalue weighted by Gasteiger charge is 2.33. The molecule has 1 saturated heterocycles. The van der Waals surface area contributed by atoms with E-state index in [4.69, 9.17) is 11.3 Å². The molecule has 1 rings (SSSR count). The number of carbonyl (C=O) groups is 1. The lowest BCUT2D eigenvalue weighted by Crippen LogP contribution is -2.44. The fourth-order valence-electron chi connectivity index (χ4n) is 1.58. The van der Waals surface area contributed by atoms with Crippen molar-refractivity contribution in [2.75, 3.05) is 6.54 Å². The Balaban J connectivity index is 2.61. The summed E-state index contributed by atoms with van der Waals surface area (Å²) in [6.07, 6.45) is 2.07. The average Bonchev–Trinajstić information content (AvgIpc) is 2.15. The average molecular weight is 210 g/mol. The first-order valence-electron chi connectivity index (χ1n) is 5.30. The minimum atomic E-state index is -0.485. The first-order chi connectivity index (χ1) is 6.94. The van der Waals surface area contributed by atoms with Crippen LogP contribution in [-0.2, 0) is 4.74 Å². The second-order valence-corrected chi connectivity index (χ2v) is 4.78. The van der Waals surface area contributed by atoms with Crippen LogP contribution in [-0.4, -0.2) is 29.3 Å². The molecule has 1 heterocycles. The van der Waals surface area contributed by atoms with Crippen LogP contribution in [0.4, 0.5) is 4.79 Å².